The standard InChI is InChI=1S/C15H16FNO2S2/c1-10(14-3-2-7-20-14)17-13-6-8-21(18,19)15-5-4-11(16)9-12(13)15/h2-5,7,9-10,13,17H,6,8H2,1H3/t10-,13?/m1/s1. The zero-order valence-corrected chi connectivity index (χ0v) is 13.2. The fourth-order valence-electron chi connectivity index (χ4n) is 2.71. The molecule has 0 saturated carbocycles. The van der Waals surface area contributed by atoms with Crippen LogP contribution in [0.3, 0.4) is 0 Å². The molecular formula is C15H16FNO2S2. The molecule has 1 aromatic heterocycles. The molecule has 0 amide bonds. The van der Waals surface area contributed by atoms with E-state index in [1.807, 2.05) is 24.4 Å². The molecule has 21 heavy (non-hydrogen) atoms. The van der Waals surface area contributed by atoms with Gasteiger partial charge < -0.3 is 5.32 Å². The number of fused-ring (bicyclic) bond motifs is 1. The molecule has 2 heterocycles. The summed E-state index contributed by atoms with van der Waals surface area (Å²) in [5, 5.41) is 5.43. The highest BCUT2D eigenvalue weighted by atomic mass is 32.2. The Hall–Kier alpha value is -1.24. The van der Waals surface area contributed by atoms with Gasteiger partial charge in [0.2, 0.25) is 0 Å². The minimum atomic E-state index is -3.29. The third kappa shape index (κ3) is 2.88. The van der Waals surface area contributed by atoms with Crippen LogP contribution in [-0.4, -0.2) is 14.2 Å². The summed E-state index contributed by atoms with van der Waals surface area (Å²) in [7, 11) is -3.29. The van der Waals surface area contributed by atoms with Crippen molar-refractivity contribution < 1.29 is 12.8 Å². The van der Waals surface area contributed by atoms with Crippen LogP contribution in [0.25, 0.3) is 0 Å². The van der Waals surface area contributed by atoms with Crippen molar-refractivity contribution in [2.24, 2.45) is 0 Å². The highest BCUT2D eigenvalue weighted by Crippen LogP contribution is 2.34. The first-order valence-electron chi connectivity index (χ1n) is 6.79. The molecular weight excluding hydrogens is 309 g/mol. The van der Waals surface area contributed by atoms with E-state index < -0.39 is 15.7 Å². The summed E-state index contributed by atoms with van der Waals surface area (Å²) in [5.74, 6) is -0.304. The van der Waals surface area contributed by atoms with Gasteiger partial charge in [0.05, 0.1) is 10.6 Å². The van der Waals surface area contributed by atoms with Crippen molar-refractivity contribution in [1.82, 2.24) is 5.32 Å². The molecule has 0 saturated heterocycles. The second kappa shape index (κ2) is 5.51. The number of halogens is 1. The van der Waals surface area contributed by atoms with Crippen molar-refractivity contribution >= 4 is 21.2 Å². The molecule has 0 aliphatic carbocycles. The maximum atomic E-state index is 13.5. The number of rotatable bonds is 3. The molecule has 0 radical (unpaired) electrons. The third-order valence-electron chi connectivity index (χ3n) is 3.78. The zero-order valence-electron chi connectivity index (χ0n) is 11.5. The van der Waals surface area contributed by atoms with Crippen molar-refractivity contribution in [2.45, 2.75) is 30.3 Å². The van der Waals surface area contributed by atoms with Gasteiger partial charge in [-0.25, -0.2) is 12.8 Å². The monoisotopic (exact) mass is 325 g/mol. The van der Waals surface area contributed by atoms with E-state index in [2.05, 4.69) is 5.32 Å². The Bertz CT molecular complexity index is 741. The second-order valence-corrected chi connectivity index (χ2v) is 8.30. The average Bonchev–Trinajstić information content (AvgIpc) is 2.96. The molecule has 1 aliphatic heterocycles. The van der Waals surface area contributed by atoms with E-state index in [4.69, 9.17) is 0 Å². The lowest BCUT2D eigenvalue weighted by molar-refractivity contribution is 0.442. The van der Waals surface area contributed by atoms with Gasteiger partial charge in [-0.2, -0.15) is 0 Å². The summed E-state index contributed by atoms with van der Waals surface area (Å²) in [6, 6.07) is 7.91. The molecule has 0 spiro atoms. The van der Waals surface area contributed by atoms with E-state index in [1.54, 1.807) is 11.3 Å². The van der Waals surface area contributed by atoms with Crippen LogP contribution in [-0.2, 0) is 9.84 Å². The normalized spacial score (nSPS) is 21.7. The zero-order chi connectivity index (χ0) is 15.0. The predicted molar refractivity (Wildman–Crippen MR) is 81.7 cm³/mol. The summed E-state index contributed by atoms with van der Waals surface area (Å²) in [6.07, 6.45) is 0.467. The Morgan fingerprint density at radius 1 is 1.38 bits per heavy atom. The van der Waals surface area contributed by atoms with E-state index in [0.29, 0.717) is 12.0 Å². The molecule has 112 valence electrons. The van der Waals surface area contributed by atoms with E-state index in [0.717, 1.165) is 0 Å². The van der Waals surface area contributed by atoms with Gasteiger partial charge in [0, 0.05) is 17.0 Å². The summed E-state index contributed by atoms with van der Waals surface area (Å²) in [4.78, 5) is 1.44. The molecule has 0 fully saturated rings. The Morgan fingerprint density at radius 3 is 2.90 bits per heavy atom. The van der Waals surface area contributed by atoms with Crippen molar-refractivity contribution in [2.75, 3.05) is 5.75 Å². The van der Waals surface area contributed by atoms with E-state index in [-0.39, 0.29) is 22.7 Å². The topological polar surface area (TPSA) is 46.2 Å². The van der Waals surface area contributed by atoms with Crippen molar-refractivity contribution in [1.29, 1.82) is 0 Å². The molecule has 1 aliphatic rings. The van der Waals surface area contributed by atoms with E-state index in [9.17, 15) is 12.8 Å². The molecule has 2 atom stereocenters. The molecule has 3 nitrogen and oxygen atoms in total. The lowest BCUT2D eigenvalue weighted by Gasteiger charge is -2.28. The predicted octanol–water partition coefficient (Wildman–Crippen LogP) is 3.46. The van der Waals surface area contributed by atoms with Crippen molar-refractivity contribution in [3.8, 4) is 0 Å². The van der Waals surface area contributed by atoms with E-state index >= 15 is 0 Å². The summed E-state index contributed by atoms with van der Waals surface area (Å²) in [6.45, 7) is 2.04. The van der Waals surface area contributed by atoms with Gasteiger partial charge in [-0.15, -0.1) is 11.3 Å². The van der Waals surface area contributed by atoms with Crippen LogP contribution >= 0.6 is 11.3 Å². The fraction of sp³-hybridized carbons (Fsp3) is 0.333. The van der Waals surface area contributed by atoms with Gasteiger partial charge in [-0.1, -0.05) is 6.07 Å². The first-order valence-corrected chi connectivity index (χ1v) is 9.32. The molecule has 1 unspecified atom stereocenters. The van der Waals surface area contributed by atoms with Gasteiger partial charge in [0.15, 0.2) is 9.84 Å². The largest absolute Gasteiger partial charge is 0.303 e. The van der Waals surface area contributed by atoms with Crippen LogP contribution in [0.1, 0.15) is 35.9 Å². The van der Waals surface area contributed by atoms with Gasteiger partial charge in [0.25, 0.3) is 0 Å². The van der Waals surface area contributed by atoms with E-state index in [1.165, 1.54) is 23.1 Å². The quantitative estimate of drug-likeness (QED) is 0.879. The average molecular weight is 325 g/mol. The number of thiophene rings is 1. The summed E-state index contributed by atoms with van der Waals surface area (Å²) in [5.41, 5.74) is 0.546. The number of sulfone groups is 1. The molecule has 1 N–H and O–H groups in total. The molecule has 2 aromatic rings. The van der Waals surface area contributed by atoms with Crippen LogP contribution in [0.2, 0.25) is 0 Å². The Labute approximate surface area is 127 Å². The number of hydrogen-bond acceptors (Lipinski definition) is 4. The number of nitrogens with one attached hydrogen (secondary N) is 1. The van der Waals surface area contributed by atoms with Crippen molar-refractivity contribution in [3.63, 3.8) is 0 Å². The first kappa shape index (κ1) is 14.7. The summed E-state index contributed by atoms with van der Waals surface area (Å²) >= 11 is 1.65. The number of hydrogen-bond donors (Lipinski definition) is 1. The second-order valence-electron chi connectivity index (χ2n) is 5.25. The van der Waals surface area contributed by atoms with Gasteiger partial charge >= 0.3 is 0 Å². The van der Waals surface area contributed by atoms with Crippen LogP contribution in [0, 0.1) is 5.82 Å². The maximum absolute atomic E-state index is 13.5. The molecule has 6 heteroatoms. The molecule has 1 aromatic carbocycles. The Morgan fingerprint density at radius 2 is 2.19 bits per heavy atom. The third-order valence-corrected chi connectivity index (χ3v) is 6.65. The van der Waals surface area contributed by atoms with Gasteiger partial charge in [-0.3, -0.25) is 0 Å². The fourth-order valence-corrected chi connectivity index (χ4v) is 5.05. The Kier molecular flexibility index (Phi) is 3.86. The first-order chi connectivity index (χ1) is 9.97. The molecule has 3 rings (SSSR count). The SMILES string of the molecule is C[C@@H](NC1CCS(=O)(=O)c2ccc(F)cc21)c1cccs1. The minimum absolute atomic E-state index is 0.0977. The molecule has 0 bridgehead atoms. The highest BCUT2D eigenvalue weighted by molar-refractivity contribution is 7.91. The minimum Gasteiger partial charge on any atom is -0.303 e. The van der Waals surface area contributed by atoms with Gasteiger partial charge in [-0.05, 0) is 48.6 Å². The summed E-state index contributed by atoms with van der Waals surface area (Å²) < 4.78 is 37.7. The smallest absolute Gasteiger partial charge is 0.178 e. The van der Waals surface area contributed by atoms with Crippen LogP contribution in [0.15, 0.2) is 40.6 Å². The van der Waals surface area contributed by atoms with Crippen LogP contribution in [0.5, 0.6) is 0 Å². The highest BCUT2D eigenvalue weighted by Gasteiger charge is 2.31. The lowest BCUT2D eigenvalue weighted by Crippen LogP contribution is -2.31. The lowest BCUT2D eigenvalue weighted by atomic mass is 10.0. The maximum Gasteiger partial charge on any atom is 0.178 e. The van der Waals surface area contributed by atoms with Crippen LogP contribution in [0.4, 0.5) is 4.39 Å². The Balaban J connectivity index is 1.93. The van der Waals surface area contributed by atoms with Gasteiger partial charge in [0.1, 0.15) is 5.82 Å². The van der Waals surface area contributed by atoms with Crippen LogP contribution < -0.4 is 5.32 Å². The number of benzene rings is 1. The van der Waals surface area contributed by atoms with Crippen molar-refractivity contribution in [3.05, 3.63) is 52.0 Å².